The van der Waals surface area contributed by atoms with Crippen molar-refractivity contribution in [3.63, 3.8) is 0 Å². The fourth-order valence-corrected chi connectivity index (χ4v) is 1.96. The number of aliphatic carboxylic acids is 1. The molecule has 0 heterocycles. The van der Waals surface area contributed by atoms with Gasteiger partial charge >= 0.3 is 5.97 Å². The predicted molar refractivity (Wildman–Crippen MR) is 89.1 cm³/mol. The molecule has 0 spiro atoms. The number of methoxy groups -OCH3 is 1. The molecule has 2 N–H and O–H groups in total. The fourth-order valence-electron chi connectivity index (χ4n) is 1.96. The summed E-state index contributed by atoms with van der Waals surface area (Å²) in [4.78, 5) is 11.2. The maximum absolute atomic E-state index is 11.2. The first-order valence-corrected chi connectivity index (χ1v) is 7.30. The Kier molecular flexibility index (Phi) is 5.11. The zero-order chi connectivity index (χ0) is 16.9. The van der Waals surface area contributed by atoms with Crippen LogP contribution in [0.1, 0.15) is 19.4 Å². The highest BCUT2D eigenvalue weighted by Crippen LogP contribution is 2.28. The molecular formula is C18H21NO4. The van der Waals surface area contributed by atoms with Gasteiger partial charge in [-0.25, -0.2) is 4.79 Å². The van der Waals surface area contributed by atoms with Crippen LogP contribution in [0.5, 0.6) is 11.5 Å². The summed E-state index contributed by atoms with van der Waals surface area (Å²) in [6, 6.07) is 15.0. The highest BCUT2D eigenvalue weighted by molar-refractivity contribution is 5.77. The van der Waals surface area contributed by atoms with E-state index >= 15 is 0 Å². The topological polar surface area (TPSA) is 67.8 Å². The second kappa shape index (κ2) is 7.05. The van der Waals surface area contributed by atoms with Gasteiger partial charge in [0.15, 0.2) is 5.60 Å². The summed E-state index contributed by atoms with van der Waals surface area (Å²) >= 11 is 0. The Hall–Kier alpha value is -2.69. The minimum absolute atomic E-state index is 0.508. The summed E-state index contributed by atoms with van der Waals surface area (Å²) in [5, 5.41) is 12.5. The van der Waals surface area contributed by atoms with Crippen LogP contribution in [0.4, 0.5) is 5.69 Å². The first-order valence-electron chi connectivity index (χ1n) is 7.30. The van der Waals surface area contributed by atoms with Gasteiger partial charge in [0.25, 0.3) is 0 Å². The molecule has 2 rings (SSSR count). The van der Waals surface area contributed by atoms with Crippen LogP contribution >= 0.6 is 0 Å². The van der Waals surface area contributed by atoms with Gasteiger partial charge in [-0.05, 0) is 43.7 Å². The summed E-state index contributed by atoms with van der Waals surface area (Å²) in [5.74, 6) is 0.302. The third kappa shape index (κ3) is 4.39. The van der Waals surface area contributed by atoms with Gasteiger partial charge in [0.2, 0.25) is 0 Å². The predicted octanol–water partition coefficient (Wildman–Crippen LogP) is 3.55. The van der Waals surface area contributed by atoms with Crippen molar-refractivity contribution in [1.82, 2.24) is 0 Å². The standard InChI is InChI=1S/C18H21NO4/c1-18(2,17(20)21)23-16-7-5-4-6-15(16)19-12-13-8-10-14(22-3)11-9-13/h4-11,19H,12H2,1-3H3,(H,20,21). The molecule has 0 aromatic heterocycles. The zero-order valence-electron chi connectivity index (χ0n) is 13.5. The molecule has 0 fully saturated rings. The van der Waals surface area contributed by atoms with E-state index < -0.39 is 11.6 Å². The first-order chi connectivity index (χ1) is 10.9. The van der Waals surface area contributed by atoms with Gasteiger partial charge < -0.3 is 19.9 Å². The van der Waals surface area contributed by atoms with E-state index in [1.807, 2.05) is 42.5 Å². The van der Waals surface area contributed by atoms with Gasteiger partial charge in [-0.3, -0.25) is 0 Å². The molecule has 0 saturated carbocycles. The molecule has 0 amide bonds. The van der Waals surface area contributed by atoms with Crippen molar-refractivity contribution >= 4 is 11.7 Å². The number of anilines is 1. The highest BCUT2D eigenvalue weighted by Gasteiger charge is 2.30. The lowest BCUT2D eigenvalue weighted by atomic mass is 10.1. The smallest absolute Gasteiger partial charge is 0.347 e. The van der Waals surface area contributed by atoms with E-state index in [1.54, 1.807) is 13.2 Å². The van der Waals surface area contributed by atoms with Gasteiger partial charge in [-0.15, -0.1) is 0 Å². The number of rotatable bonds is 7. The van der Waals surface area contributed by atoms with E-state index in [-0.39, 0.29) is 0 Å². The molecular weight excluding hydrogens is 294 g/mol. The molecule has 0 unspecified atom stereocenters. The summed E-state index contributed by atoms with van der Waals surface area (Å²) in [6.45, 7) is 3.64. The van der Waals surface area contributed by atoms with Crippen LogP contribution in [0.25, 0.3) is 0 Å². The largest absolute Gasteiger partial charge is 0.497 e. The second-order valence-electron chi connectivity index (χ2n) is 5.62. The lowest BCUT2D eigenvalue weighted by Crippen LogP contribution is -2.38. The third-order valence-corrected chi connectivity index (χ3v) is 3.41. The second-order valence-corrected chi connectivity index (χ2v) is 5.62. The Morgan fingerprint density at radius 2 is 1.78 bits per heavy atom. The van der Waals surface area contributed by atoms with Crippen molar-refractivity contribution in [2.45, 2.75) is 26.0 Å². The molecule has 0 radical (unpaired) electrons. The Labute approximate surface area is 135 Å². The normalized spacial score (nSPS) is 10.9. The fraction of sp³-hybridized carbons (Fsp3) is 0.278. The van der Waals surface area contributed by atoms with Crippen LogP contribution in [0.3, 0.4) is 0 Å². The average Bonchev–Trinajstić information content (AvgIpc) is 2.54. The SMILES string of the molecule is COc1ccc(CNc2ccccc2OC(C)(C)C(=O)O)cc1. The lowest BCUT2D eigenvalue weighted by molar-refractivity contribution is -0.152. The molecule has 122 valence electrons. The number of para-hydroxylation sites is 2. The van der Waals surface area contributed by atoms with Crippen LogP contribution in [0.2, 0.25) is 0 Å². The van der Waals surface area contributed by atoms with Crippen LogP contribution in [0.15, 0.2) is 48.5 Å². The van der Waals surface area contributed by atoms with Crippen molar-refractivity contribution in [2.24, 2.45) is 0 Å². The van der Waals surface area contributed by atoms with E-state index in [0.29, 0.717) is 12.3 Å². The van der Waals surface area contributed by atoms with Crippen molar-refractivity contribution in [3.8, 4) is 11.5 Å². The van der Waals surface area contributed by atoms with E-state index in [4.69, 9.17) is 9.47 Å². The number of benzene rings is 2. The Morgan fingerprint density at radius 3 is 2.39 bits per heavy atom. The molecule has 0 aliphatic rings. The number of nitrogens with one attached hydrogen (secondary N) is 1. The van der Waals surface area contributed by atoms with Crippen molar-refractivity contribution in [2.75, 3.05) is 12.4 Å². The quantitative estimate of drug-likeness (QED) is 0.818. The van der Waals surface area contributed by atoms with Gasteiger partial charge in [-0.2, -0.15) is 0 Å². The third-order valence-electron chi connectivity index (χ3n) is 3.41. The van der Waals surface area contributed by atoms with Crippen molar-refractivity contribution in [3.05, 3.63) is 54.1 Å². The Bertz CT molecular complexity index is 665. The van der Waals surface area contributed by atoms with Gasteiger partial charge in [0.1, 0.15) is 11.5 Å². The van der Waals surface area contributed by atoms with Crippen LogP contribution in [-0.4, -0.2) is 23.8 Å². The number of carboxylic acid groups (broad SMARTS) is 1. The Balaban J connectivity index is 2.09. The average molecular weight is 315 g/mol. The molecule has 0 bridgehead atoms. The Morgan fingerprint density at radius 1 is 1.13 bits per heavy atom. The maximum Gasteiger partial charge on any atom is 0.347 e. The van der Waals surface area contributed by atoms with E-state index in [0.717, 1.165) is 17.0 Å². The zero-order valence-corrected chi connectivity index (χ0v) is 13.5. The minimum Gasteiger partial charge on any atom is -0.497 e. The molecule has 23 heavy (non-hydrogen) atoms. The molecule has 5 heteroatoms. The number of carboxylic acids is 1. The number of hydrogen-bond acceptors (Lipinski definition) is 4. The van der Waals surface area contributed by atoms with Crippen LogP contribution in [0, 0.1) is 0 Å². The number of ether oxygens (including phenoxy) is 2. The number of hydrogen-bond donors (Lipinski definition) is 2. The maximum atomic E-state index is 11.2. The summed E-state index contributed by atoms with van der Waals surface area (Å²) < 4.78 is 10.8. The monoisotopic (exact) mass is 315 g/mol. The summed E-state index contributed by atoms with van der Waals surface area (Å²) in [7, 11) is 1.63. The van der Waals surface area contributed by atoms with E-state index in [1.165, 1.54) is 13.8 Å². The van der Waals surface area contributed by atoms with E-state index in [2.05, 4.69) is 5.32 Å². The van der Waals surface area contributed by atoms with E-state index in [9.17, 15) is 9.90 Å². The molecule has 0 aliphatic heterocycles. The first kappa shape index (κ1) is 16.7. The highest BCUT2D eigenvalue weighted by atomic mass is 16.5. The lowest BCUT2D eigenvalue weighted by Gasteiger charge is -2.23. The van der Waals surface area contributed by atoms with Crippen LogP contribution < -0.4 is 14.8 Å². The molecule has 2 aromatic rings. The van der Waals surface area contributed by atoms with Crippen LogP contribution in [-0.2, 0) is 11.3 Å². The number of carbonyl (C=O) groups is 1. The van der Waals surface area contributed by atoms with Crippen molar-refractivity contribution in [1.29, 1.82) is 0 Å². The van der Waals surface area contributed by atoms with Gasteiger partial charge in [0.05, 0.1) is 12.8 Å². The molecule has 0 saturated heterocycles. The molecule has 2 aromatic carbocycles. The summed E-state index contributed by atoms with van der Waals surface area (Å²) in [5.41, 5.74) is 0.536. The van der Waals surface area contributed by atoms with Gasteiger partial charge in [-0.1, -0.05) is 24.3 Å². The molecule has 5 nitrogen and oxygen atoms in total. The molecule has 0 aliphatic carbocycles. The minimum atomic E-state index is -1.29. The van der Waals surface area contributed by atoms with Crippen molar-refractivity contribution < 1.29 is 19.4 Å². The summed E-state index contributed by atoms with van der Waals surface area (Å²) in [6.07, 6.45) is 0. The molecule has 0 atom stereocenters. The van der Waals surface area contributed by atoms with Gasteiger partial charge in [0, 0.05) is 6.54 Å².